The fraction of sp³-hybridized carbons (Fsp3) is 0.226. The van der Waals surface area contributed by atoms with Crippen LogP contribution in [0.5, 0.6) is 5.75 Å². The normalized spacial score (nSPS) is 20.4. The molecule has 0 saturated heterocycles. The maximum Gasteiger partial charge on any atom is 0.338 e. The van der Waals surface area contributed by atoms with Crippen molar-refractivity contribution in [3.63, 3.8) is 0 Å². The Morgan fingerprint density at radius 3 is 2.37 bits per heavy atom. The molecule has 210 valence electrons. The lowest BCUT2D eigenvalue weighted by atomic mass is 9.67. The van der Waals surface area contributed by atoms with Crippen LogP contribution in [0, 0.1) is 11.7 Å². The van der Waals surface area contributed by atoms with Crippen LogP contribution >= 0.6 is 0 Å². The number of esters is 2. The molecular formula is C31H28FN3O6. The number of methoxy groups -OCH3 is 3. The van der Waals surface area contributed by atoms with E-state index >= 15 is 0 Å². The molecule has 9 nitrogen and oxygen atoms in total. The van der Waals surface area contributed by atoms with Gasteiger partial charge in [-0.05, 0) is 53.9 Å². The maximum atomic E-state index is 14.5. The predicted octanol–water partition coefficient (Wildman–Crippen LogP) is 3.98. The number of pyridine rings is 1. The van der Waals surface area contributed by atoms with E-state index in [0.717, 1.165) is 0 Å². The summed E-state index contributed by atoms with van der Waals surface area (Å²) in [7, 11) is 3.97. The van der Waals surface area contributed by atoms with Gasteiger partial charge in [-0.25, -0.2) is 9.18 Å². The molecule has 0 bridgehead atoms. The molecule has 0 radical (unpaired) electrons. The van der Waals surface area contributed by atoms with Crippen molar-refractivity contribution < 1.29 is 33.0 Å². The molecule has 41 heavy (non-hydrogen) atoms. The second-order valence-electron chi connectivity index (χ2n) is 9.63. The van der Waals surface area contributed by atoms with Crippen LogP contribution in [0.15, 0.2) is 95.7 Å². The molecule has 0 amide bonds. The molecule has 2 heterocycles. The highest BCUT2D eigenvalue weighted by Crippen LogP contribution is 2.51. The molecule has 10 heteroatoms. The quantitative estimate of drug-likeness (QED) is 0.354. The van der Waals surface area contributed by atoms with Gasteiger partial charge in [-0.1, -0.05) is 24.3 Å². The lowest BCUT2D eigenvalue weighted by Gasteiger charge is -2.44. The molecular weight excluding hydrogens is 529 g/mol. The predicted molar refractivity (Wildman–Crippen MR) is 147 cm³/mol. The SMILES string of the molecule is COC(=O)C1=C(N)N(c2cccc(F)c2)C2=C(C(=O)[C@H](C(=O)OC)[C@H](c3ccc(OC)cc3)C2)[C@H]1c1cccnc1. The maximum absolute atomic E-state index is 14.5. The van der Waals surface area contributed by atoms with Gasteiger partial charge in [0.05, 0.1) is 38.5 Å². The highest BCUT2D eigenvalue weighted by atomic mass is 19.1. The van der Waals surface area contributed by atoms with E-state index in [1.54, 1.807) is 55.8 Å². The second-order valence-corrected chi connectivity index (χ2v) is 9.63. The number of nitrogens with two attached hydrogens (primary N) is 1. The Morgan fingerprint density at radius 2 is 1.76 bits per heavy atom. The summed E-state index contributed by atoms with van der Waals surface area (Å²) >= 11 is 0. The molecule has 2 aliphatic rings. The first-order chi connectivity index (χ1) is 19.8. The van der Waals surface area contributed by atoms with Gasteiger partial charge in [0.15, 0.2) is 5.78 Å². The van der Waals surface area contributed by atoms with Crippen molar-refractivity contribution >= 4 is 23.4 Å². The highest BCUT2D eigenvalue weighted by Gasteiger charge is 2.51. The molecule has 2 aromatic carbocycles. The topological polar surface area (TPSA) is 121 Å². The minimum atomic E-state index is -1.22. The minimum absolute atomic E-state index is 0.0205. The van der Waals surface area contributed by atoms with E-state index in [4.69, 9.17) is 19.9 Å². The van der Waals surface area contributed by atoms with Gasteiger partial charge in [0, 0.05) is 29.6 Å². The summed E-state index contributed by atoms with van der Waals surface area (Å²) in [5, 5.41) is 0. The molecule has 1 aliphatic heterocycles. The number of benzene rings is 2. The summed E-state index contributed by atoms with van der Waals surface area (Å²) in [6.07, 6.45) is 3.24. The largest absolute Gasteiger partial charge is 0.497 e. The van der Waals surface area contributed by atoms with Gasteiger partial charge in [-0.2, -0.15) is 0 Å². The first kappa shape index (κ1) is 27.6. The molecule has 2 N–H and O–H groups in total. The molecule has 0 unspecified atom stereocenters. The van der Waals surface area contributed by atoms with Crippen LogP contribution in [0.4, 0.5) is 10.1 Å². The molecule has 0 spiro atoms. The Labute approximate surface area is 236 Å². The van der Waals surface area contributed by atoms with Crippen LogP contribution in [-0.4, -0.2) is 44.0 Å². The van der Waals surface area contributed by atoms with E-state index in [2.05, 4.69) is 4.98 Å². The van der Waals surface area contributed by atoms with E-state index in [1.165, 1.54) is 43.5 Å². The summed E-state index contributed by atoms with van der Waals surface area (Å²) in [4.78, 5) is 46.8. The monoisotopic (exact) mass is 557 g/mol. The zero-order valence-electron chi connectivity index (χ0n) is 22.7. The Balaban J connectivity index is 1.81. The Bertz CT molecular complexity index is 1570. The van der Waals surface area contributed by atoms with Crippen molar-refractivity contribution in [3.05, 3.63) is 113 Å². The fourth-order valence-electron chi connectivity index (χ4n) is 5.69. The zero-order valence-corrected chi connectivity index (χ0v) is 22.7. The number of rotatable bonds is 6. The second kappa shape index (κ2) is 11.2. The van der Waals surface area contributed by atoms with Crippen LogP contribution in [0.2, 0.25) is 0 Å². The third-order valence-corrected chi connectivity index (χ3v) is 7.53. The summed E-state index contributed by atoms with van der Waals surface area (Å²) in [5.74, 6) is -4.85. The smallest absolute Gasteiger partial charge is 0.338 e. The number of aromatic nitrogens is 1. The van der Waals surface area contributed by atoms with Gasteiger partial charge >= 0.3 is 11.9 Å². The van der Waals surface area contributed by atoms with Gasteiger partial charge < -0.3 is 19.9 Å². The van der Waals surface area contributed by atoms with Gasteiger partial charge in [0.2, 0.25) is 0 Å². The number of halogens is 1. The minimum Gasteiger partial charge on any atom is -0.497 e. The fourth-order valence-corrected chi connectivity index (χ4v) is 5.69. The number of hydrogen-bond donors (Lipinski definition) is 1. The van der Waals surface area contributed by atoms with Gasteiger partial charge in [-0.3, -0.25) is 19.5 Å². The van der Waals surface area contributed by atoms with Crippen LogP contribution in [0.1, 0.15) is 29.4 Å². The van der Waals surface area contributed by atoms with Crippen molar-refractivity contribution in [2.45, 2.75) is 18.3 Å². The number of ketones is 1. The van der Waals surface area contributed by atoms with E-state index in [0.29, 0.717) is 28.3 Å². The molecule has 0 saturated carbocycles. The highest BCUT2D eigenvalue weighted by molar-refractivity contribution is 6.14. The van der Waals surface area contributed by atoms with Crippen LogP contribution in [0.3, 0.4) is 0 Å². The average Bonchev–Trinajstić information content (AvgIpc) is 3.00. The lowest BCUT2D eigenvalue weighted by Crippen LogP contribution is -2.46. The molecule has 0 fully saturated rings. The molecule has 1 aromatic heterocycles. The van der Waals surface area contributed by atoms with Gasteiger partial charge in [0.1, 0.15) is 23.3 Å². The Morgan fingerprint density at radius 1 is 1.00 bits per heavy atom. The summed E-state index contributed by atoms with van der Waals surface area (Å²) in [5.41, 5.74) is 8.78. The molecule has 5 rings (SSSR count). The number of anilines is 1. The summed E-state index contributed by atoms with van der Waals surface area (Å²) in [6.45, 7) is 0. The zero-order chi connectivity index (χ0) is 29.3. The van der Waals surface area contributed by atoms with Crippen LogP contribution < -0.4 is 15.4 Å². The van der Waals surface area contributed by atoms with Crippen molar-refractivity contribution in [2.24, 2.45) is 11.7 Å². The van der Waals surface area contributed by atoms with E-state index < -0.39 is 41.3 Å². The molecule has 1 aliphatic carbocycles. The summed E-state index contributed by atoms with van der Waals surface area (Å²) in [6, 6.07) is 16.1. The van der Waals surface area contributed by atoms with Crippen LogP contribution in [-0.2, 0) is 23.9 Å². The third kappa shape index (κ3) is 4.82. The number of Topliss-reactive ketones (excluding diaryl/α,β-unsaturated/α-hetero) is 1. The Kier molecular flexibility index (Phi) is 7.56. The lowest BCUT2D eigenvalue weighted by molar-refractivity contribution is -0.150. The number of carbonyl (C=O) groups excluding carboxylic acids is 3. The van der Waals surface area contributed by atoms with E-state index in [9.17, 15) is 18.8 Å². The van der Waals surface area contributed by atoms with Gasteiger partial charge in [-0.15, -0.1) is 0 Å². The van der Waals surface area contributed by atoms with Crippen molar-refractivity contribution in [2.75, 3.05) is 26.2 Å². The first-order valence-electron chi connectivity index (χ1n) is 12.8. The first-order valence-corrected chi connectivity index (χ1v) is 12.8. The number of ether oxygens (including phenoxy) is 3. The number of hydrogen-bond acceptors (Lipinski definition) is 9. The average molecular weight is 558 g/mol. The number of nitrogens with zero attached hydrogens (tertiary/aromatic N) is 2. The Hall–Kier alpha value is -4.99. The molecule has 3 atom stereocenters. The van der Waals surface area contributed by atoms with Gasteiger partial charge in [0.25, 0.3) is 0 Å². The summed E-state index contributed by atoms with van der Waals surface area (Å²) < 4.78 is 30.0. The van der Waals surface area contributed by atoms with E-state index in [1.807, 2.05) is 0 Å². The van der Waals surface area contributed by atoms with Crippen molar-refractivity contribution in [3.8, 4) is 5.75 Å². The van der Waals surface area contributed by atoms with Crippen LogP contribution in [0.25, 0.3) is 0 Å². The van der Waals surface area contributed by atoms with Crippen molar-refractivity contribution in [1.29, 1.82) is 0 Å². The number of carbonyl (C=O) groups is 3. The third-order valence-electron chi connectivity index (χ3n) is 7.53. The standard InChI is InChI=1S/C31H28FN3O6/c1-39-21-11-9-17(10-12-21)22-15-23-26(28(36)25(22)30(37)40-2)24(18-6-5-13-34-16-18)27(31(38)41-3)29(33)35(23)20-8-4-7-19(32)14-20/h4-14,16,22,24-25H,15,33H2,1-3H3/t22-,24+,25+/m0/s1. The number of allylic oxidation sites excluding steroid dienone is 2. The van der Waals surface area contributed by atoms with Crippen molar-refractivity contribution in [1.82, 2.24) is 4.98 Å². The molecule has 3 aromatic rings. The van der Waals surface area contributed by atoms with E-state index in [-0.39, 0.29) is 23.4 Å².